The van der Waals surface area contributed by atoms with Crippen LogP contribution < -0.4 is 0 Å². The Kier molecular flexibility index (Phi) is 7.77. The number of nitriles is 1. The van der Waals surface area contributed by atoms with Gasteiger partial charge in [0, 0.05) is 27.5 Å². The van der Waals surface area contributed by atoms with E-state index >= 15 is 0 Å². The first-order chi connectivity index (χ1) is 16.5. The number of thioether (sulfide) groups is 2. The highest BCUT2D eigenvalue weighted by molar-refractivity contribution is 8.03. The summed E-state index contributed by atoms with van der Waals surface area (Å²) >= 11 is 3.50. The van der Waals surface area contributed by atoms with Crippen LogP contribution in [-0.4, -0.2) is 16.5 Å². The first-order valence-electron chi connectivity index (χ1n) is 11.4. The van der Waals surface area contributed by atoms with E-state index in [1.807, 2.05) is 54.2 Å². The van der Waals surface area contributed by atoms with Crippen molar-refractivity contribution < 1.29 is 0 Å². The van der Waals surface area contributed by atoms with Crippen molar-refractivity contribution in [3.05, 3.63) is 102 Å². The lowest BCUT2D eigenvalue weighted by Gasteiger charge is -2.19. The molecule has 0 aliphatic heterocycles. The van der Waals surface area contributed by atoms with Gasteiger partial charge in [0.05, 0.1) is 11.3 Å². The van der Waals surface area contributed by atoms with Crippen LogP contribution in [0.3, 0.4) is 0 Å². The lowest BCUT2D eigenvalue weighted by atomic mass is 9.87. The SMILES string of the molecule is CC(C)(C)c1ccc(SCCSc2nc(-c3ccccc3)cc(-c3ccccc3)c2C#N)cc1. The summed E-state index contributed by atoms with van der Waals surface area (Å²) in [6.45, 7) is 6.70. The Morgan fingerprint density at radius 3 is 1.94 bits per heavy atom. The maximum Gasteiger partial charge on any atom is 0.115 e. The number of pyridine rings is 1. The molecule has 0 saturated heterocycles. The van der Waals surface area contributed by atoms with Gasteiger partial charge in [0.15, 0.2) is 0 Å². The Bertz CT molecular complexity index is 1270. The smallest absolute Gasteiger partial charge is 0.115 e. The molecule has 3 aromatic carbocycles. The van der Waals surface area contributed by atoms with Crippen molar-refractivity contribution in [3.8, 4) is 28.5 Å². The number of rotatable bonds is 7. The monoisotopic (exact) mass is 480 g/mol. The molecule has 0 aliphatic carbocycles. The molecule has 0 unspecified atom stereocenters. The van der Waals surface area contributed by atoms with Crippen LogP contribution in [0.4, 0.5) is 0 Å². The molecule has 4 aromatic rings. The Hall–Kier alpha value is -3.00. The molecule has 0 N–H and O–H groups in total. The maximum absolute atomic E-state index is 10.0. The molecule has 34 heavy (non-hydrogen) atoms. The average Bonchev–Trinajstić information content (AvgIpc) is 2.87. The molecule has 2 nitrogen and oxygen atoms in total. The maximum atomic E-state index is 10.0. The Morgan fingerprint density at radius 1 is 0.765 bits per heavy atom. The molecule has 4 heteroatoms. The third-order valence-corrected chi connectivity index (χ3v) is 7.81. The van der Waals surface area contributed by atoms with Gasteiger partial charge in [-0.1, -0.05) is 93.6 Å². The van der Waals surface area contributed by atoms with Crippen molar-refractivity contribution in [2.24, 2.45) is 0 Å². The van der Waals surface area contributed by atoms with Gasteiger partial charge in [-0.15, -0.1) is 23.5 Å². The Balaban J connectivity index is 1.55. The number of aromatic nitrogens is 1. The van der Waals surface area contributed by atoms with E-state index in [-0.39, 0.29) is 5.41 Å². The van der Waals surface area contributed by atoms with Crippen molar-refractivity contribution in [3.63, 3.8) is 0 Å². The van der Waals surface area contributed by atoms with Gasteiger partial charge >= 0.3 is 0 Å². The molecule has 0 amide bonds. The predicted octanol–water partition coefficient (Wildman–Crippen LogP) is 8.47. The van der Waals surface area contributed by atoms with Crippen LogP contribution in [0.2, 0.25) is 0 Å². The second kappa shape index (κ2) is 11.0. The lowest BCUT2D eigenvalue weighted by molar-refractivity contribution is 0.590. The molecule has 0 bridgehead atoms. The van der Waals surface area contributed by atoms with E-state index in [0.717, 1.165) is 38.9 Å². The highest BCUT2D eigenvalue weighted by Gasteiger charge is 2.16. The second-order valence-corrected chi connectivity index (χ2v) is 11.3. The van der Waals surface area contributed by atoms with E-state index in [4.69, 9.17) is 4.98 Å². The molecular formula is C30H28N2S2. The van der Waals surface area contributed by atoms with E-state index < -0.39 is 0 Å². The zero-order valence-electron chi connectivity index (χ0n) is 19.8. The van der Waals surface area contributed by atoms with Crippen LogP contribution in [0.25, 0.3) is 22.4 Å². The third kappa shape index (κ3) is 5.91. The molecule has 0 spiro atoms. The summed E-state index contributed by atoms with van der Waals surface area (Å²) < 4.78 is 0. The van der Waals surface area contributed by atoms with Crippen molar-refractivity contribution in [2.45, 2.75) is 36.1 Å². The van der Waals surface area contributed by atoms with Crippen LogP contribution >= 0.6 is 23.5 Å². The van der Waals surface area contributed by atoms with E-state index in [1.54, 1.807) is 11.8 Å². The van der Waals surface area contributed by atoms with Crippen molar-refractivity contribution in [1.82, 2.24) is 4.98 Å². The predicted molar refractivity (Wildman–Crippen MR) is 146 cm³/mol. The zero-order valence-corrected chi connectivity index (χ0v) is 21.4. The van der Waals surface area contributed by atoms with E-state index in [1.165, 1.54) is 10.5 Å². The summed E-state index contributed by atoms with van der Waals surface area (Å²) in [5.41, 5.74) is 6.08. The molecule has 1 heterocycles. The summed E-state index contributed by atoms with van der Waals surface area (Å²) in [6.07, 6.45) is 0. The van der Waals surface area contributed by atoms with Gasteiger partial charge in [0.2, 0.25) is 0 Å². The molecule has 0 fully saturated rings. The van der Waals surface area contributed by atoms with Crippen molar-refractivity contribution in [1.29, 1.82) is 5.26 Å². The largest absolute Gasteiger partial charge is 0.240 e. The minimum absolute atomic E-state index is 0.165. The highest BCUT2D eigenvalue weighted by atomic mass is 32.2. The minimum Gasteiger partial charge on any atom is -0.240 e. The Labute approximate surface area is 211 Å². The average molecular weight is 481 g/mol. The third-order valence-electron chi connectivity index (χ3n) is 5.56. The zero-order chi connectivity index (χ0) is 24.0. The van der Waals surface area contributed by atoms with E-state index in [9.17, 15) is 5.26 Å². The number of hydrogen-bond acceptors (Lipinski definition) is 4. The fraction of sp³-hybridized carbons (Fsp3) is 0.200. The molecule has 0 radical (unpaired) electrons. The molecule has 0 aliphatic rings. The van der Waals surface area contributed by atoms with Crippen LogP contribution in [0, 0.1) is 11.3 Å². The van der Waals surface area contributed by atoms with Crippen LogP contribution in [0.5, 0.6) is 0 Å². The highest BCUT2D eigenvalue weighted by Crippen LogP contribution is 2.35. The first-order valence-corrected chi connectivity index (χ1v) is 13.3. The van der Waals surface area contributed by atoms with Gasteiger partial charge in [-0.05, 0) is 34.7 Å². The van der Waals surface area contributed by atoms with Crippen LogP contribution in [0.15, 0.2) is 101 Å². The summed E-state index contributed by atoms with van der Waals surface area (Å²) in [5.74, 6) is 1.82. The second-order valence-electron chi connectivity index (χ2n) is 9.05. The van der Waals surface area contributed by atoms with Gasteiger partial charge < -0.3 is 0 Å². The normalized spacial score (nSPS) is 11.2. The van der Waals surface area contributed by atoms with Crippen molar-refractivity contribution in [2.75, 3.05) is 11.5 Å². The molecule has 0 saturated carbocycles. The summed E-state index contributed by atoms with van der Waals surface area (Å²) in [5, 5.41) is 10.8. The fourth-order valence-corrected chi connectivity index (χ4v) is 5.57. The van der Waals surface area contributed by atoms with E-state index in [0.29, 0.717) is 5.56 Å². The number of nitrogens with zero attached hydrogens (tertiary/aromatic N) is 2. The lowest BCUT2D eigenvalue weighted by Crippen LogP contribution is -2.10. The number of hydrogen-bond donors (Lipinski definition) is 0. The van der Waals surface area contributed by atoms with Gasteiger partial charge in [0.1, 0.15) is 11.1 Å². The first kappa shape index (κ1) is 24.1. The van der Waals surface area contributed by atoms with Crippen LogP contribution in [0.1, 0.15) is 31.9 Å². The summed E-state index contributed by atoms with van der Waals surface area (Å²) in [4.78, 5) is 6.18. The minimum atomic E-state index is 0.165. The van der Waals surface area contributed by atoms with Crippen LogP contribution in [-0.2, 0) is 5.41 Å². The van der Waals surface area contributed by atoms with Gasteiger partial charge in [-0.3, -0.25) is 0 Å². The van der Waals surface area contributed by atoms with Crippen molar-refractivity contribution >= 4 is 23.5 Å². The van der Waals surface area contributed by atoms with E-state index in [2.05, 4.69) is 75.4 Å². The standard InChI is InChI=1S/C30H28N2S2/c1-30(2,3)24-14-16-25(17-15-24)33-18-19-34-29-27(21-31)26(22-10-6-4-7-11-22)20-28(32-29)23-12-8-5-9-13-23/h4-17,20H,18-19H2,1-3H3. The molecule has 4 rings (SSSR count). The van der Waals surface area contributed by atoms with Gasteiger partial charge in [-0.25, -0.2) is 4.98 Å². The summed E-state index contributed by atoms with van der Waals surface area (Å²) in [6, 6.07) is 33.6. The topological polar surface area (TPSA) is 36.7 Å². The molecule has 1 aromatic heterocycles. The molecule has 0 atom stereocenters. The van der Waals surface area contributed by atoms with Gasteiger partial charge in [-0.2, -0.15) is 5.26 Å². The quantitative estimate of drug-likeness (QED) is 0.196. The number of benzene rings is 3. The Morgan fingerprint density at radius 2 is 1.35 bits per heavy atom. The molecular weight excluding hydrogens is 452 g/mol. The van der Waals surface area contributed by atoms with Gasteiger partial charge in [0.25, 0.3) is 0 Å². The molecule has 170 valence electrons. The fourth-order valence-electron chi connectivity index (χ4n) is 3.69. The summed E-state index contributed by atoms with van der Waals surface area (Å²) in [7, 11) is 0.